The fourth-order valence-corrected chi connectivity index (χ4v) is 3.11. The molecule has 1 saturated heterocycles. The van der Waals surface area contributed by atoms with Gasteiger partial charge in [-0.1, -0.05) is 30.3 Å². The highest BCUT2D eigenvalue weighted by molar-refractivity contribution is 5.96. The number of rotatable bonds is 6. The van der Waals surface area contributed by atoms with Gasteiger partial charge in [-0.2, -0.15) is 0 Å². The first-order valence-electron chi connectivity index (χ1n) is 9.12. The Morgan fingerprint density at radius 3 is 2.26 bits per heavy atom. The molecule has 0 spiro atoms. The molecule has 0 aromatic heterocycles. The Labute approximate surface area is 159 Å². The summed E-state index contributed by atoms with van der Waals surface area (Å²) in [7, 11) is 1.58. The molecule has 1 heterocycles. The number of amides is 2. The van der Waals surface area contributed by atoms with E-state index < -0.39 is 0 Å². The van der Waals surface area contributed by atoms with Gasteiger partial charge in [0.25, 0.3) is 5.91 Å². The van der Waals surface area contributed by atoms with Gasteiger partial charge in [0.2, 0.25) is 5.91 Å². The summed E-state index contributed by atoms with van der Waals surface area (Å²) in [5, 5.41) is 2.70. The lowest BCUT2D eigenvalue weighted by molar-refractivity contribution is -0.131. The van der Waals surface area contributed by atoms with E-state index in [9.17, 15) is 9.59 Å². The SMILES string of the molecule is COc1ccc(C(=O)NCC(=O)N2CCN(Cc3ccccc3)CC2)cc1. The largest absolute Gasteiger partial charge is 0.497 e. The number of nitrogens with one attached hydrogen (secondary N) is 1. The van der Waals surface area contributed by atoms with Crippen LogP contribution in [0, 0.1) is 0 Å². The number of nitrogens with zero attached hydrogens (tertiary/aromatic N) is 2. The van der Waals surface area contributed by atoms with E-state index in [1.165, 1.54) is 5.56 Å². The van der Waals surface area contributed by atoms with Crippen LogP contribution < -0.4 is 10.1 Å². The summed E-state index contributed by atoms with van der Waals surface area (Å²) in [5.74, 6) is 0.390. The van der Waals surface area contributed by atoms with Crippen molar-refractivity contribution in [3.8, 4) is 5.75 Å². The van der Waals surface area contributed by atoms with Crippen molar-refractivity contribution in [3.63, 3.8) is 0 Å². The van der Waals surface area contributed by atoms with Gasteiger partial charge in [-0.15, -0.1) is 0 Å². The molecule has 2 aromatic rings. The van der Waals surface area contributed by atoms with E-state index in [1.54, 1.807) is 31.4 Å². The van der Waals surface area contributed by atoms with Crippen molar-refractivity contribution in [2.75, 3.05) is 39.8 Å². The van der Waals surface area contributed by atoms with E-state index in [1.807, 2.05) is 23.1 Å². The van der Waals surface area contributed by atoms with Gasteiger partial charge in [-0.25, -0.2) is 0 Å². The van der Waals surface area contributed by atoms with E-state index in [2.05, 4.69) is 22.3 Å². The summed E-state index contributed by atoms with van der Waals surface area (Å²) >= 11 is 0. The average Bonchev–Trinajstić information content (AvgIpc) is 2.73. The molecule has 0 radical (unpaired) electrons. The van der Waals surface area contributed by atoms with Crippen LogP contribution in [0.15, 0.2) is 54.6 Å². The molecule has 2 aromatic carbocycles. The zero-order chi connectivity index (χ0) is 19.1. The van der Waals surface area contributed by atoms with Crippen LogP contribution in [0.4, 0.5) is 0 Å². The minimum atomic E-state index is -0.256. The van der Waals surface area contributed by atoms with Gasteiger partial charge in [-0.3, -0.25) is 14.5 Å². The molecule has 1 fully saturated rings. The molecule has 1 aliphatic rings. The maximum absolute atomic E-state index is 12.4. The number of hydrogen-bond donors (Lipinski definition) is 1. The predicted octanol–water partition coefficient (Wildman–Crippen LogP) is 1.77. The third-order valence-electron chi connectivity index (χ3n) is 4.73. The van der Waals surface area contributed by atoms with E-state index in [0.29, 0.717) is 24.4 Å². The Balaban J connectivity index is 1.42. The summed E-state index contributed by atoms with van der Waals surface area (Å²) in [5.41, 5.74) is 1.79. The molecule has 142 valence electrons. The summed E-state index contributed by atoms with van der Waals surface area (Å²) in [4.78, 5) is 28.7. The van der Waals surface area contributed by atoms with Gasteiger partial charge in [-0.05, 0) is 29.8 Å². The first-order chi connectivity index (χ1) is 13.2. The van der Waals surface area contributed by atoms with Gasteiger partial charge in [0.1, 0.15) is 5.75 Å². The molecule has 0 saturated carbocycles. The molecular weight excluding hydrogens is 342 g/mol. The van der Waals surface area contributed by atoms with Crippen LogP contribution in [-0.2, 0) is 11.3 Å². The maximum atomic E-state index is 12.4. The number of methoxy groups -OCH3 is 1. The molecule has 0 unspecified atom stereocenters. The summed E-state index contributed by atoms with van der Waals surface area (Å²) in [6.07, 6.45) is 0. The molecule has 6 nitrogen and oxygen atoms in total. The molecule has 27 heavy (non-hydrogen) atoms. The van der Waals surface area contributed by atoms with E-state index in [4.69, 9.17) is 4.74 Å². The smallest absolute Gasteiger partial charge is 0.251 e. The van der Waals surface area contributed by atoms with Crippen molar-refractivity contribution >= 4 is 11.8 Å². The lowest BCUT2D eigenvalue weighted by Crippen LogP contribution is -2.50. The molecule has 3 rings (SSSR count). The van der Waals surface area contributed by atoms with Crippen LogP contribution in [0.2, 0.25) is 0 Å². The zero-order valence-corrected chi connectivity index (χ0v) is 15.6. The molecular formula is C21H25N3O3. The second kappa shape index (κ2) is 9.19. The van der Waals surface area contributed by atoms with Crippen molar-refractivity contribution in [2.24, 2.45) is 0 Å². The van der Waals surface area contributed by atoms with Crippen molar-refractivity contribution in [3.05, 3.63) is 65.7 Å². The first kappa shape index (κ1) is 18.9. The lowest BCUT2D eigenvalue weighted by Gasteiger charge is -2.34. The van der Waals surface area contributed by atoms with Crippen LogP contribution >= 0.6 is 0 Å². The van der Waals surface area contributed by atoms with Gasteiger partial charge >= 0.3 is 0 Å². The van der Waals surface area contributed by atoms with Gasteiger partial charge in [0.05, 0.1) is 13.7 Å². The highest BCUT2D eigenvalue weighted by Crippen LogP contribution is 2.11. The summed E-state index contributed by atoms with van der Waals surface area (Å²) in [6, 6.07) is 17.1. The molecule has 0 bridgehead atoms. The van der Waals surface area contributed by atoms with Crippen LogP contribution in [-0.4, -0.2) is 61.4 Å². The van der Waals surface area contributed by atoms with Crippen LogP contribution in [0.3, 0.4) is 0 Å². The Bertz CT molecular complexity index is 754. The summed E-state index contributed by atoms with van der Waals surface area (Å²) < 4.78 is 5.08. The van der Waals surface area contributed by atoms with Crippen LogP contribution in [0.5, 0.6) is 5.75 Å². The second-order valence-corrected chi connectivity index (χ2v) is 6.55. The van der Waals surface area contributed by atoms with Crippen LogP contribution in [0.1, 0.15) is 15.9 Å². The van der Waals surface area contributed by atoms with Crippen molar-refractivity contribution in [1.82, 2.24) is 15.1 Å². The van der Waals surface area contributed by atoms with Crippen molar-refractivity contribution in [1.29, 1.82) is 0 Å². The minimum absolute atomic E-state index is 0.0174. The van der Waals surface area contributed by atoms with Gasteiger partial charge in [0.15, 0.2) is 0 Å². The fraction of sp³-hybridized carbons (Fsp3) is 0.333. The monoisotopic (exact) mass is 367 g/mol. The highest BCUT2D eigenvalue weighted by atomic mass is 16.5. The average molecular weight is 367 g/mol. The quantitative estimate of drug-likeness (QED) is 0.845. The lowest BCUT2D eigenvalue weighted by atomic mass is 10.2. The molecule has 1 aliphatic heterocycles. The predicted molar refractivity (Wildman–Crippen MR) is 104 cm³/mol. The molecule has 1 N–H and O–H groups in total. The topological polar surface area (TPSA) is 61.9 Å². The van der Waals surface area contributed by atoms with E-state index >= 15 is 0 Å². The standard InChI is InChI=1S/C21H25N3O3/c1-27-19-9-7-18(8-10-19)21(26)22-15-20(25)24-13-11-23(12-14-24)16-17-5-3-2-4-6-17/h2-10H,11-16H2,1H3,(H,22,26). The molecule has 6 heteroatoms. The number of benzene rings is 2. The second-order valence-electron chi connectivity index (χ2n) is 6.55. The van der Waals surface area contributed by atoms with Gasteiger partial charge in [0, 0.05) is 38.3 Å². The van der Waals surface area contributed by atoms with Gasteiger partial charge < -0.3 is 15.0 Å². The van der Waals surface area contributed by atoms with E-state index in [0.717, 1.165) is 19.6 Å². The number of hydrogen-bond acceptors (Lipinski definition) is 4. The highest BCUT2D eigenvalue weighted by Gasteiger charge is 2.21. The third kappa shape index (κ3) is 5.31. The molecule has 2 amide bonds. The van der Waals surface area contributed by atoms with E-state index in [-0.39, 0.29) is 18.4 Å². The Hall–Kier alpha value is -2.86. The summed E-state index contributed by atoms with van der Waals surface area (Å²) in [6.45, 7) is 3.97. The Kier molecular flexibility index (Phi) is 6.44. The maximum Gasteiger partial charge on any atom is 0.251 e. The number of carbonyl (C=O) groups is 2. The Morgan fingerprint density at radius 2 is 1.63 bits per heavy atom. The normalized spacial score (nSPS) is 14.6. The molecule has 0 atom stereocenters. The first-order valence-corrected chi connectivity index (χ1v) is 9.12. The number of piperazine rings is 1. The number of ether oxygens (including phenoxy) is 1. The van der Waals surface area contributed by atoms with Crippen molar-refractivity contribution in [2.45, 2.75) is 6.54 Å². The number of carbonyl (C=O) groups excluding carboxylic acids is 2. The third-order valence-corrected chi connectivity index (χ3v) is 4.73. The molecule has 0 aliphatic carbocycles. The minimum Gasteiger partial charge on any atom is -0.497 e. The Morgan fingerprint density at radius 1 is 0.963 bits per heavy atom. The van der Waals surface area contributed by atoms with Crippen LogP contribution in [0.25, 0.3) is 0 Å². The fourth-order valence-electron chi connectivity index (χ4n) is 3.11. The van der Waals surface area contributed by atoms with Crippen molar-refractivity contribution < 1.29 is 14.3 Å². The zero-order valence-electron chi connectivity index (χ0n) is 15.6.